The summed E-state index contributed by atoms with van der Waals surface area (Å²) in [4.78, 5) is 154. The van der Waals surface area contributed by atoms with Crippen LogP contribution >= 0.6 is 11.8 Å². The van der Waals surface area contributed by atoms with E-state index in [0.29, 0.717) is 118 Å². The van der Waals surface area contributed by atoms with Crippen LogP contribution in [0.1, 0.15) is 70.9 Å². The molecule has 0 aliphatic carbocycles. The quantitative estimate of drug-likeness (QED) is 0.0276. The average molecular weight is 1600 g/mol. The zero-order valence-electron chi connectivity index (χ0n) is 62.5. The average Bonchev–Trinajstić information content (AvgIpc) is 1.61. The van der Waals surface area contributed by atoms with Crippen LogP contribution in [0.15, 0.2) is 29.1 Å². The number of hydrazine groups is 2. The molecule has 2 aromatic rings. The summed E-state index contributed by atoms with van der Waals surface area (Å²) in [7, 11) is -2.48. The Morgan fingerprint density at radius 1 is 0.718 bits per heavy atom. The van der Waals surface area contributed by atoms with Crippen molar-refractivity contribution in [1.82, 2.24) is 63.1 Å². The fourth-order valence-electron chi connectivity index (χ4n) is 11.8. The number of phenols is 1. The number of aliphatic hydroxyl groups excluding tert-OH is 3. The van der Waals surface area contributed by atoms with E-state index >= 15 is 4.21 Å². The van der Waals surface area contributed by atoms with Crippen LogP contribution < -0.4 is 53.9 Å². The number of phenolic OH excluding ortho intramolecular Hbond substituents is 1. The first-order valence-electron chi connectivity index (χ1n) is 36.6. The molecule has 2 bridgehead atoms. The lowest BCUT2D eigenvalue weighted by atomic mass is 9.86. The summed E-state index contributed by atoms with van der Waals surface area (Å²) in [6.07, 6.45) is -3.29. The molecule has 1 aromatic carbocycles. The standard InChI is InChI=1S/C69H109N13O26S2/c1-5-41(2)48-29-45(84)34-72-63(92)51-31-49-47-6-7-55(86)50(39-109-27-26-108-25-24-107-23-22-106-21-20-105-19-18-104-17-16-103-15-14-102-13-12-101-11-10-100-9-8-81-36-44(79-80-81)33-71-58(89)28-42(3)69(97)98)61(47)78-67(49)110(99)40-53(74-59(90)35-73-62(48)91)64(93)76-52(32-57(70)88)68(96)82-37-46(85)30-54(82)65(94)77-60(66(95)75-51)43(4)56(87)38-83/h6-7,36,41-43,46,48,51-54,56,60,78-80,83,85-87H,5,8-35,37-40H2,1-4H3,(H2,70,88)(H,71,89)(H,72,92)(H,73,91)(H,74,90)(H,75,95)(H,76,93)(H,77,94)(H,97,98)/t41-,42?,43-,46+,48-,51-,52-,53+,54-,56-,60-,110?/m0/s1. The molecular weight excluding hydrogens is 1490 g/mol. The molecule has 618 valence electrons. The molecule has 6 rings (SSSR count). The summed E-state index contributed by atoms with van der Waals surface area (Å²) < 4.78 is 65.6. The van der Waals surface area contributed by atoms with E-state index in [2.05, 4.69) is 53.2 Å². The fourth-order valence-corrected chi connectivity index (χ4v) is 14.1. The zero-order valence-corrected chi connectivity index (χ0v) is 64.1. The van der Waals surface area contributed by atoms with E-state index in [1.165, 1.54) is 37.7 Å². The number of aromatic nitrogens is 1. The number of hydrogen-bond donors (Lipinski definition) is 16. The number of hydrogen-bond acceptors (Lipinski definition) is 29. The van der Waals surface area contributed by atoms with Gasteiger partial charge in [0.25, 0.3) is 0 Å². The Kier molecular flexibility index (Phi) is 40.5. The summed E-state index contributed by atoms with van der Waals surface area (Å²) in [5, 5.41) is 71.9. The Morgan fingerprint density at radius 2 is 1.30 bits per heavy atom. The third-order valence-corrected chi connectivity index (χ3v) is 20.7. The molecule has 1 fully saturated rings. The minimum Gasteiger partial charge on any atom is -0.508 e. The largest absolute Gasteiger partial charge is 0.508 e. The Balaban J connectivity index is 0.957. The van der Waals surface area contributed by atoms with Crippen molar-refractivity contribution < 1.29 is 125 Å². The Morgan fingerprint density at radius 3 is 1.87 bits per heavy atom. The van der Waals surface area contributed by atoms with Gasteiger partial charge in [-0.1, -0.05) is 34.1 Å². The number of aromatic amines is 1. The highest BCUT2D eigenvalue weighted by Gasteiger charge is 2.45. The number of nitrogens with two attached hydrogens (primary N) is 1. The maximum Gasteiger partial charge on any atom is 0.306 e. The highest BCUT2D eigenvalue weighted by Crippen LogP contribution is 2.36. The minimum atomic E-state index is -2.48. The van der Waals surface area contributed by atoms with Crippen LogP contribution in [0, 0.1) is 23.7 Å². The van der Waals surface area contributed by atoms with Crippen molar-refractivity contribution >= 4 is 98.4 Å². The van der Waals surface area contributed by atoms with Gasteiger partial charge in [-0.2, -0.15) is 11.8 Å². The van der Waals surface area contributed by atoms with Crippen LogP contribution in [0.5, 0.6) is 5.75 Å². The molecule has 17 N–H and O–H groups in total. The van der Waals surface area contributed by atoms with Crippen molar-refractivity contribution in [2.24, 2.45) is 29.4 Å². The van der Waals surface area contributed by atoms with Crippen molar-refractivity contribution in [3.63, 3.8) is 0 Å². The van der Waals surface area contributed by atoms with Crippen LogP contribution in [0.4, 0.5) is 0 Å². The number of aliphatic hydroxyl groups is 3. The number of thioether (sulfide) groups is 1. The van der Waals surface area contributed by atoms with Gasteiger partial charge in [-0.05, 0) is 23.6 Å². The van der Waals surface area contributed by atoms with Gasteiger partial charge in [0.1, 0.15) is 41.0 Å². The minimum absolute atomic E-state index is 0.0612. The highest BCUT2D eigenvalue weighted by molar-refractivity contribution is 7.98. The molecule has 110 heavy (non-hydrogen) atoms. The number of carbonyl (C=O) groups excluding carboxylic acids is 10. The second kappa shape index (κ2) is 48.9. The van der Waals surface area contributed by atoms with Gasteiger partial charge < -0.3 is 126 Å². The predicted molar refractivity (Wildman–Crippen MR) is 392 cm³/mol. The van der Waals surface area contributed by atoms with Crippen molar-refractivity contribution in [3.8, 4) is 5.75 Å². The van der Waals surface area contributed by atoms with Crippen LogP contribution in [0.3, 0.4) is 0 Å². The van der Waals surface area contributed by atoms with Gasteiger partial charge in [-0.3, -0.25) is 62.0 Å². The summed E-state index contributed by atoms with van der Waals surface area (Å²) in [5.41, 5.74) is 12.7. The number of ether oxygens (including phenoxy) is 9. The number of primary amides is 1. The number of ketones is 1. The molecule has 39 nitrogen and oxygen atoms in total. The van der Waals surface area contributed by atoms with E-state index in [1.807, 2.05) is 0 Å². The Hall–Kier alpha value is -7.75. The number of carboxylic acid groups (broad SMARTS) is 1. The topological polar surface area (TPSA) is 546 Å². The molecule has 0 radical (unpaired) electrons. The number of fused-ring (bicyclic) bond motifs is 5. The molecule has 2 unspecified atom stereocenters. The van der Waals surface area contributed by atoms with Gasteiger partial charge in [0.2, 0.25) is 53.2 Å². The lowest BCUT2D eigenvalue weighted by molar-refractivity contribution is -0.144. The number of carbonyl (C=O) groups is 11. The van der Waals surface area contributed by atoms with Gasteiger partial charge in [0.15, 0.2) is 5.78 Å². The van der Waals surface area contributed by atoms with Crippen LogP contribution in [-0.2, 0) is 118 Å². The number of carboxylic acids is 1. The molecule has 1 saturated heterocycles. The van der Waals surface area contributed by atoms with Crippen LogP contribution in [0.25, 0.3) is 10.9 Å². The number of aliphatic carboxylic acids is 1. The van der Waals surface area contributed by atoms with E-state index in [-0.39, 0.29) is 77.3 Å². The lowest BCUT2D eigenvalue weighted by Gasteiger charge is -2.32. The molecule has 41 heteroatoms. The second-order valence-electron chi connectivity index (χ2n) is 26.6. The molecular formula is C69H109N13O26S2. The molecule has 4 aliphatic rings. The van der Waals surface area contributed by atoms with Crippen molar-refractivity contribution in [2.75, 3.05) is 170 Å². The van der Waals surface area contributed by atoms with E-state index in [0.717, 1.165) is 10.6 Å². The van der Waals surface area contributed by atoms with E-state index in [4.69, 9.17) is 53.5 Å². The normalized spacial score (nSPS) is 22.5. The number of nitrogens with one attached hydrogen (secondary N) is 10. The third-order valence-electron chi connectivity index (χ3n) is 18.3. The molecule has 1 aromatic heterocycles. The lowest BCUT2D eigenvalue weighted by Crippen LogP contribution is -2.62. The number of benzene rings is 1. The molecule has 0 spiro atoms. The zero-order chi connectivity index (χ0) is 80.1. The molecule has 5 heterocycles. The number of rotatable bonds is 44. The highest BCUT2D eigenvalue weighted by atomic mass is 32.2. The third kappa shape index (κ3) is 30.7. The number of amides is 9. The molecule has 0 saturated carbocycles. The maximum absolute atomic E-state index is 15.3. The summed E-state index contributed by atoms with van der Waals surface area (Å²) in [5.74, 6) is -14.5. The van der Waals surface area contributed by atoms with Gasteiger partial charge >= 0.3 is 5.97 Å². The summed E-state index contributed by atoms with van der Waals surface area (Å²) in [6.45, 7) is 10.5. The van der Waals surface area contributed by atoms with E-state index < -0.39 is 194 Å². The second-order valence-corrected chi connectivity index (χ2v) is 29.1. The van der Waals surface area contributed by atoms with Crippen LogP contribution in [0.2, 0.25) is 0 Å². The monoisotopic (exact) mass is 1600 g/mol. The fraction of sp³-hybridized carbons (Fsp3) is 0.696. The van der Waals surface area contributed by atoms with Crippen LogP contribution in [-0.4, -0.2) is 322 Å². The molecule has 4 aliphatic heterocycles. The van der Waals surface area contributed by atoms with Gasteiger partial charge in [-0.25, -0.2) is 0 Å². The Labute approximate surface area is 643 Å². The predicted octanol–water partition coefficient (Wildman–Crippen LogP) is -5.05. The summed E-state index contributed by atoms with van der Waals surface area (Å²) in [6, 6.07) is -6.14. The van der Waals surface area contributed by atoms with Gasteiger partial charge in [-0.15, -0.1) is 5.53 Å². The van der Waals surface area contributed by atoms with Crippen molar-refractivity contribution in [2.45, 2.75) is 119 Å². The van der Waals surface area contributed by atoms with Crippen molar-refractivity contribution in [3.05, 3.63) is 35.2 Å². The Bertz CT molecular complexity index is 3410. The van der Waals surface area contributed by atoms with Crippen molar-refractivity contribution in [1.29, 1.82) is 0 Å². The van der Waals surface area contributed by atoms with E-state index in [1.54, 1.807) is 25.1 Å². The molecule has 9 amide bonds. The SMILES string of the molecule is CC[C@H](C)[C@@H]1CC(=O)CNC(=O)[C@@H]2Cc3c([nH]c4c(CSCCOCCOCCOCCOCCOCCOCCOCCOCCOCCN5C=C(CNC(=O)CC(C)C(=O)O)NN5)c(O)ccc34)S(=O)C[C@@H](NC(=O)CNC1=O)C(=O)N[C@@H](CC(N)=O)C(=O)N1C[C@H](O)C[C@H]1C(=O)N[C@@H]([C@@H](C)[C@@H](O)CO)C(=O)N2. The van der Waals surface area contributed by atoms with E-state index in [9.17, 15) is 73.2 Å². The van der Waals surface area contributed by atoms with Gasteiger partial charge in [0.05, 0.1) is 204 Å². The van der Waals surface area contributed by atoms with Gasteiger partial charge in [0, 0.05) is 72.7 Å². The first-order valence-corrected chi connectivity index (χ1v) is 39.1. The maximum atomic E-state index is 15.3. The number of aromatic hydroxyl groups is 1. The smallest absolute Gasteiger partial charge is 0.306 e. The number of nitrogens with zero attached hydrogens (tertiary/aromatic N) is 2. The number of Topliss-reactive ketones (excluding diaryl/α,β-unsaturated/α-hetero) is 1. The molecule has 12 atom stereocenters. The first-order chi connectivity index (χ1) is 52.8. The first kappa shape index (κ1) is 91.1. The number of H-pyrrole nitrogens is 1. The summed E-state index contributed by atoms with van der Waals surface area (Å²) >= 11 is 1.34.